The van der Waals surface area contributed by atoms with Crippen molar-refractivity contribution >= 4 is 21.7 Å². The zero-order valence-electron chi connectivity index (χ0n) is 15.5. The van der Waals surface area contributed by atoms with Gasteiger partial charge in [0.1, 0.15) is 0 Å². The highest BCUT2D eigenvalue weighted by Crippen LogP contribution is 2.24. The van der Waals surface area contributed by atoms with E-state index in [1.54, 1.807) is 36.4 Å². The highest BCUT2D eigenvalue weighted by molar-refractivity contribution is 7.90. The van der Waals surface area contributed by atoms with E-state index in [4.69, 9.17) is 0 Å². The average molecular weight is 389 g/mol. The molecule has 0 radical (unpaired) electrons. The van der Waals surface area contributed by atoms with Gasteiger partial charge in [-0.1, -0.05) is 43.3 Å². The van der Waals surface area contributed by atoms with E-state index in [2.05, 4.69) is 5.32 Å². The third kappa shape index (κ3) is 4.95. The van der Waals surface area contributed by atoms with E-state index in [1.165, 1.54) is 19.1 Å². The van der Waals surface area contributed by atoms with Crippen molar-refractivity contribution in [2.75, 3.05) is 6.26 Å². The predicted molar refractivity (Wildman–Crippen MR) is 102 cm³/mol. The normalized spacial score (nSPS) is 13.6. The van der Waals surface area contributed by atoms with Crippen molar-refractivity contribution in [3.8, 4) is 0 Å². The largest absolute Gasteiger partial charge is 0.481 e. The van der Waals surface area contributed by atoms with Crippen LogP contribution >= 0.6 is 0 Å². The van der Waals surface area contributed by atoms with E-state index in [0.717, 1.165) is 6.26 Å². The molecule has 2 unspecified atom stereocenters. The number of carboxylic acid groups (broad SMARTS) is 1. The fourth-order valence-corrected chi connectivity index (χ4v) is 3.47. The molecule has 0 aliphatic heterocycles. The van der Waals surface area contributed by atoms with Crippen LogP contribution in [0.25, 0.3) is 0 Å². The van der Waals surface area contributed by atoms with Crippen molar-refractivity contribution in [2.24, 2.45) is 5.92 Å². The van der Waals surface area contributed by atoms with E-state index in [-0.39, 0.29) is 10.5 Å². The molecule has 0 aromatic heterocycles. The van der Waals surface area contributed by atoms with Crippen molar-refractivity contribution in [1.82, 2.24) is 5.32 Å². The lowest BCUT2D eigenvalue weighted by Gasteiger charge is -2.23. The van der Waals surface area contributed by atoms with Crippen molar-refractivity contribution in [3.05, 3.63) is 65.2 Å². The van der Waals surface area contributed by atoms with E-state index in [9.17, 15) is 23.1 Å². The molecule has 2 N–H and O–H groups in total. The smallest absolute Gasteiger partial charge is 0.308 e. The Hall–Kier alpha value is -2.67. The zero-order chi connectivity index (χ0) is 20.2. The first-order chi connectivity index (χ1) is 12.6. The van der Waals surface area contributed by atoms with Crippen LogP contribution in [0.4, 0.5) is 0 Å². The molecule has 144 valence electrons. The first-order valence-corrected chi connectivity index (χ1v) is 10.5. The Labute approximate surface area is 159 Å². The van der Waals surface area contributed by atoms with Gasteiger partial charge in [-0.25, -0.2) is 8.42 Å². The number of aliphatic carboxylic acids is 1. The first-order valence-electron chi connectivity index (χ1n) is 8.56. The van der Waals surface area contributed by atoms with Crippen LogP contribution in [0.15, 0.2) is 53.4 Å². The van der Waals surface area contributed by atoms with Gasteiger partial charge >= 0.3 is 5.97 Å². The lowest BCUT2D eigenvalue weighted by atomic mass is 9.93. The molecule has 0 saturated carbocycles. The van der Waals surface area contributed by atoms with Crippen molar-refractivity contribution in [2.45, 2.75) is 31.2 Å². The summed E-state index contributed by atoms with van der Waals surface area (Å²) in [6.45, 7) is 3.38. The SMILES string of the molecule is CCc1ccc(S(C)(=O)=O)cc1C(=O)NC(c1ccccc1)C(C)C(=O)O. The molecular formula is C20H23NO5S. The van der Waals surface area contributed by atoms with Gasteiger partial charge in [-0.2, -0.15) is 0 Å². The molecular weight excluding hydrogens is 366 g/mol. The van der Waals surface area contributed by atoms with Crippen LogP contribution in [0.1, 0.15) is 41.4 Å². The van der Waals surface area contributed by atoms with E-state index in [1.807, 2.05) is 6.92 Å². The van der Waals surface area contributed by atoms with Crippen LogP contribution in [0, 0.1) is 5.92 Å². The minimum atomic E-state index is -3.47. The molecule has 2 aromatic carbocycles. The molecule has 0 heterocycles. The van der Waals surface area contributed by atoms with Gasteiger partial charge in [-0.05, 0) is 36.6 Å². The first kappa shape index (κ1) is 20.6. The van der Waals surface area contributed by atoms with Gasteiger partial charge in [0.15, 0.2) is 9.84 Å². The van der Waals surface area contributed by atoms with Gasteiger partial charge in [-0.15, -0.1) is 0 Å². The number of aryl methyl sites for hydroxylation is 1. The molecule has 6 nitrogen and oxygen atoms in total. The van der Waals surface area contributed by atoms with Crippen LogP contribution in [-0.2, 0) is 21.1 Å². The molecule has 2 aromatic rings. The molecule has 0 fully saturated rings. The molecule has 0 saturated heterocycles. The van der Waals surface area contributed by atoms with E-state index in [0.29, 0.717) is 17.5 Å². The molecule has 0 aliphatic rings. The van der Waals surface area contributed by atoms with Gasteiger partial charge in [0.05, 0.1) is 16.9 Å². The fraction of sp³-hybridized carbons (Fsp3) is 0.300. The number of carbonyl (C=O) groups excluding carboxylic acids is 1. The van der Waals surface area contributed by atoms with Crippen LogP contribution in [-0.4, -0.2) is 31.7 Å². The second kappa shape index (κ2) is 8.35. The summed E-state index contributed by atoms with van der Waals surface area (Å²) in [5.41, 5.74) is 1.59. The summed E-state index contributed by atoms with van der Waals surface area (Å²) < 4.78 is 23.7. The number of nitrogens with one attached hydrogen (secondary N) is 1. The highest BCUT2D eigenvalue weighted by Gasteiger charge is 2.28. The van der Waals surface area contributed by atoms with Crippen molar-refractivity contribution < 1.29 is 23.1 Å². The number of carboxylic acids is 1. The quantitative estimate of drug-likeness (QED) is 0.758. The molecule has 7 heteroatoms. The number of hydrogen-bond acceptors (Lipinski definition) is 4. The lowest BCUT2D eigenvalue weighted by molar-refractivity contribution is -0.142. The fourth-order valence-electron chi connectivity index (χ4n) is 2.82. The summed E-state index contributed by atoms with van der Waals surface area (Å²) in [4.78, 5) is 24.5. The topological polar surface area (TPSA) is 101 Å². The Morgan fingerprint density at radius 2 is 1.74 bits per heavy atom. The second-order valence-corrected chi connectivity index (χ2v) is 8.45. The van der Waals surface area contributed by atoms with Gasteiger partial charge in [0.2, 0.25) is 0 Å². The van der Waals surface area contributed by atoms with Crippen LogP contribution in [0.2, 0.25) is 0 Å². The summed E-state index contributed by atoms with van der Waals surface area (Å²) in [5.74, 6) is -2.40. The maximum Gasteiger partial charge on any atom is 0.308 e. The summed E-state index contributed by atoms with van der Waals surface area (Å²) in [6.07, 6.45) is 1.62. The number of amides is 1. The minimum Gasteiger partial charge on any atom is -0.481 e. The van der Waals surface area contributed by atoms with Gasteiger partial charge in [-0.3, -0.25) is 9.59 Å². The van der Waals surface area contributed by atoms with Gasteiger partial charge < -0.3 is 10.4 Å². The maximum atomic E-state index is 12.9. The van der Waals surface area contributed by atoms with Crippen LogP contribution < -0.4 is 5.32 Å². The van der Waals surface area contributed by atoms with Gasteiger partial charge in [0.25, 0.3) is 5.91 Å². The van der Waals surface area contributed by atoms with Crippen LogP contribution in [0.5, 0.6) is 0 Å². The third-order valence-electron chi connectivity index (χ3n) is 4.47. The number of hydrogen-bond donors (Lipinski definition) is 2. The highest BCUT2D eigenvalue weighted by atomic mass is 32.2. The molecule has 1 amide bonds. The summed E-state index contributed by atoms with van der Waals surface area (Å²) in [6, 6.07) is 12.5. The zero-order valence-corrected chi connectivity index (χ0v) is 16.3. The number of benzene rings is 2. The van der Waals surface area contributed by atoms with E-state index >= 15 is 0 Å². The van der Waals surface area contributed by atoms with Crippen molar-refractivity contribution in [1.29, 1.82) is 0 Å². The molecule has 2 atom stereocenters. The van der Waals surface area contributed by atoms with E-state index < -0.39 is 33.7 Å². The summed E-state index contributed by atoms with van der Waals surface area (Å²) in [7, 11) is -3.47. The monoisotopic (exact) mass is 389 g/mol. The Bertz CT molecular complexity index is 938. The Morgan fingerprint density at radius 1 is 1.11 bits per heavy atom. The van der Waals surface area contributed by atoms with Gasteiger partial charge in [0, 0.05) is 11.8 Å². The lowest BCUT2D eigenvalue weighted by Crippen LogP contribution is -2.36. The number of rotatable bonds is 7. The standard InChI is InChI=1S/C20H23NO5S/c1-4-14-10-11-16(27(3,25)26)12-17(14)19(22)21-18(13(2)20(23)24)15-8-6-5-7-9-15/h5-13,18H,4H2,1-3H3,(H,21,22)(H,23,24). The Kier molecular flexibility index (Phi) is 6.38. The summed E-state index contributed by atoms with van der Waals surface area (Å²) >= 11 is 0. The molecule has 0 spiro atoms. The maximum absolute atomic E-state index is 12.9. The van der Waals surface area contributed by atoms with Crippen molar-refractivity contribution in [3.63, 3.8) is 0 Å². The van der Waals surface area contributed by atoms with Crippen LogP contribution in [0.3, 0.4) is 0 Å². The predicted octanol–water partition coefficient (Wildman–Crippen LogP) is 2.84. The molecule has 2 rings (SSSR count). The third-order valence-corrected chi connectivity index (χ3v) is 5.58. The molecule has 0 bridgehead atoms. The Balaban J connectivity index is 2.44. The molecule has 0 aliphatic carbocycles. The molecule has 27 heavy (non-hydrogen) atoms. The Morgan fingerprint density at radius 3 is 2.26 bits per heavy atom. The second-order valence-electron chi connectivity index (χ2n) is 6.43. The summed E-state index contributed by atoms with van der Waals surface area (Å²) in [5, 5.41) is 12.2. The minimum absolute atomic E-state index is 0.0485. The number of carbonyl (C=O) groups is 2. The average Bonchev–Trinajstić information content (AvgIpc) is 2.64. The number of sulfone groups is 1.